The van der Waals surface area contributed by atoms with Crippen molar-refractivity contribution in [2.75, 3.05) is 0 Å². The van der Waals surface area contributed by atoms with Crippen LogP contribution in [0.3, 0.4) is 0 Å². The van der Waals surface area contributed by atoms with Crippen LogP contribution < -0.4 is 5.43 Å². The molecule has 0 aliphatic heterocycles. The van der Waals surface area contributed by atoms with Gasteiger partial charge in [-0.15, -0.1) is 0 Å². The minimum atomic E-state index is -0.146. The molecule has 4 aromatic rings. The Morgan fingerprint density at radius 2 is 1.81 bits per heavy atom. The summed E-state index contributed by atoms with van der Waals surface area (Å²) in [5.41, 5.74) is 8.89. The number of benzene rings is 3. The summed E-state index contributed by atoms with van der Waals surface area (Å²) in [4.78, 5) is 12.5. The first-order valence-corrected chi connectivity index (χ1v) is 10.6. The van der Waals surface area contributed by atoms with Crippen molar-refractivity contribution in [2.24, 2.45) is 5.10 Å². The number of hydrogen-bond acceptors (Lipinski definition) is 2. The average Bonchev–Trinajstić information content (AvgIpc) is 3.03. The first-order chi connectivity index (χ1) is 14.9. The Morgan fingerprint density at radius 1 is 1.03 bits per heavy atom. The van der Waals surface area contributed by atoms with Gasteiger partial charge in [-0.2, -0.15) is 5.10 Å². The topological polar surface area (TPSA) is 46.4 Å². The monoisotopic (exact) mass is 429 g/mol. The minimum Gasteiger partial charge on any atom is -0.318 e. The van der Waals surface area contributed by atoms with Crippen molar-refractivity contribution in [1.29, 1.82) is 0 Å². The lowest BCUT2D eigenvalue weighted by Crippen LogP contribution is -2.20. The molecule has 4 rings (SSSR count). The molecule has 0 spiro atoms. The number of halogens is 1. The van der Waals surface area contributed by atoms with Gasteiger partial charge in [-0.25, -0.2) is 5.43 Å². The van der Waals surface area contributed by atoms with E-state index in [0.717, 1.165) is 44.5 Å². The van der Waals surface area contributed by atoms with Gasteiger partial charge in [-0.1, -0.05) is 60.1 Å². The highest BCUT2D eigenvalue weighted by molar-refractivity contribution is 6.30. The van der Waals surface area contributed by atoms with Gasteiger partial charge < -0.3 is 4.57 Å². The quantitative estimate of drug-likeness (QED) is 0.311. The molecule has 1 aromatic heterocycles. The van der Waals surface area contributed by atoms with Gasteiger partial charge >= 0.3 is 0 Å². The maximum Gasteiger partial charge on any atom is 0.244 e. The molecule has 156 valence electrons. The lowest BCUT2D eigenvalue weighted by Gasteiger charge is -2.13. The third-order valence-electron chi connectivity index (χ3n) is 5.51. The fourth-order valence-corrected chi connectivity index (χ4v) is 4.11. The molecule has 4 nitrogen and oxygen atoms in total. The van der Waals surface area contributed by atoms with Crippen molar-refractivity contribution < 1.29 is 4.79 Å². The summed E-state index contributed by atoms with van der Waals surface area (Å²) in [5, 5.41) is 7.11. The number of carbonyl (C=O) groups excluding carboxylic acids is 1. The molecule has 0 radical (unpaired) electrons. The summed E-state index contributed by atoms with van der Waals surface area (Å²) in [6.07, 6.45) is 1.97. The lowest BCUT2D eigenvalue weighted by molar-refractivity contribution is -0.120. The number of hydrazone groups is 1. The van der Waals surface area contributed by atoms with Crippen LogP contribution in [0.5, 0.6) is 0 Å². The molecule has 1 N–H and O–H groups in total. The van der Waals surface area contributed by atoms with Crippen molar-refractivity contribution in [3.63, 3.8) is 0 Å². The van der Waals surface area contributed by atoms with Crippen molar-refractivity contribution in [3.05, 3.63) is 99.8 Å². The normalized spacial score (nSPS) is 11.4. The Balaban J connectivity index is 1.50. The second-order valence-corrected chi connectivity index (χ2v) is 8.14. The highest BCUT2D eigenvalue weighted by atomic mass is 35.5. The summed E-state index contributed by atoms with van der Waals surface area (Å²) in [6, 6.07) is 22.0. The predicted molar refractivity (Wildman–Crippen MR) is 128 cm³/mol. The van der Waals surface area contributed by atoms with E-state index in [2.05, 4.69) is 28.1 Å². The van der Waals surface area contributed by atoms with E-state index in [-0.39, 0.29) is 12.3 Å². The van der Waals surface area contributed by atoms with E-state index in [1.165, 1.54) is 0 Å². The highest BCUT2D eigenvalue weighted by Gasteiger charge is 2.12. The number of fused-ring (bicyclic) bond motifs is 1. The van der Waals surface area contributed by atoms with Crippen LogP contribution in [0.25, 0.3) is 16.5 Å². The van der Waals surface area contributed by atoms with Crippen molar-refractivity contribution in [2.45, 2.75) is 27.2 Å². The molecule has 0 unspecified atom stereocenters. The van der Waals surface area contributed by atoms with Crippen LogP contribution in [0.4, 0.5) is 0 Å². The van der Waals surface area contributed by atoms with Gasteiger partial charge in [-0.3, -0.25) is 4.79 Å². The highest BCUT2D eigenvalue weighted by Crippen LogP contribution is 2.25. The maximum atomic E-state index is 12.5. The largest absolute Gasteiger partial charge is 0.318 e. The van der Waals surface area contributed by atoms with E-state index in [4.69, 9.17) is 11.6 Å². The Bertz CT molecular complexity index is 1300. The average molecular weight is 430 g/mol. The lowest BCUT2D eigenvalue weighted by atomic mass is 10.0. The molecule has 3 aromatic carbocycles. The van der Waals surface area contributed by atoms with E-state index < -0.39 is 0 Å². The van der Waals surface area contributed by atoms with E-state index >= 15 is 0 Å². The standard InChI is InChI=1S/C26H24ClN3O/c1-17-11-12-23(27)15-25(17)30-18(2)13-22(19(30)3)16-28-29-26(31)14-21-9-6-8-20-7-4-5-10-24(20)21/h4-13,15-16H,14H2,1-3H3,(H,29,31)/b28-16-. The Labute approximate surface area is 187 Å². The molecule has 0 bridgehead atoms. The van der Waals surface area contributed by atoms with Crippen LogP contribution in [-0.2, 0) is 11.2 Å². The van der Waals surface area contributed by atoms with E-state index in [0.29, 0.717) is 5.02 Å². The molecule has 1 amide bonds. The van der Waals surface area contributed by atoms with Crippen LogP contribution in [-0.4, -0.2) is 16.7 Å². The fourth-order valence-electron chi connectivity index (χ4n) is 3.95. The predicted octanol–water partition coefficient (Wildman–Crippen LogP) is 5.90. The fraction of sp³-hybridized carbons (Fsp3) is 0.154. The Hall–Kier alpha value is -3.37. The van der Waals surface area contributed by atoms with Gasteiger partial charge in [-0.05, 0) is 60.9 Å². The number of aryl methyl sites for hydroxylation is 2. The molecule has 0 fully saturated rings. The van der Waals surface area contributed by atoms with E-state index in [1.807, 2.05) is 74.5 Å². The summed E-state index contributed by atoms with van der Waals surface area (Å²) in [6.45, 7) is 6.14. The zero-order valence-corrected chi connectivity index (χ0v) is 18.6. The van der Waals surface area contributed by atoms with Crippen LogP contribution >= 0.6 is 11.6 Å². The van der Waals surface area contributed by atoms with Gasteiger partial charge in [0.1, 0.15) is 0 Å². The summed E-state index contributed by atoms with van der Waals surface area (Å²) >= 11 is 6.21. The molecule has 0 saturated carbocycles. The number of carbonyl (C=O) groups is 1. The zero-order chi connectivity index (χ0) is 22.0. The Kier molecular flexibility index (Phi) is 5.92. The van der Waals surface area contributed by atoms with Gasteiger partial charge in [0, 0.05) is 27.7 Å². The van der Waals surface area contributed by atoms with Crippen LogP contribution in [0, 0.1) is 20.8 Å². The molecule has 0 atom stereocenters. The molecule has 0 saturated heterocycles. The molecule has 5 heteroatoms. The number of rotatable bonds is 5. The maximum absolute atomic E-state index is 12.5. The van der Waals surface area contributed by atoms with Crippen LogP contribution in [0.1, 0.15) is 28.1 Å². The molecular weight excluding hydrogens is 406 g/mol. The van der Waals surface area contributed by atoms with Crippen LogP contribution in [0.15, 0.2) is 71.8 Å². The number of aromatic nitrogens is 1. The zero-order valence-electron chi connectivity index (χ0n) is 17.8. The third kappa shape index (κ3) is 4.39. The molecule has 1 heterocycles. The smallest absolute Gasteiger partial charge is 0.244 e. The van der Waals surface area contributed by atoms with Gasteiger partial charge in [0.2, 0.25) is 5.91 Å². The third-order valence-corrected chi connectivity index (χ3v) is 5.74. The second kappa shape index (κ2) is 8.78. The SMILES string of the molecule is Cc1ccc(Cl)cc1-n1c(C)cc(/C=N\NC(=O)Cc2cccc3ccccc23)c1C. The first-order valence-electron chi connectivity index (χ1n) is 10.2. The Morgan fingerprint density at radius 3 is 2.65 bits per heavy atom. The number of amides is 1. The summed E-state index contributed by atoms with van der Waals surface area (Å²) in [5.74, 6) is -0.146. The number of nitrogens with one attached hydrogen (secondary N) is 1. The van der Waals surface area contributed by atoms with Crippen molar-refractivity contribution in [1.82, 2.24) is 9.99 Å². The molecule has 0 aliphatic carbocycles. The van der Waals surface area contributed by atoms with Gasteiger partial charge in [0.25, 0.3) is 0 Å². The summed E-state index contributed by atoms with van der Waals surface area (Å²) in [7, 11) is 0. The molecule has 31 heavy (non-hydrogen) atoms. The van der Waals surface area contributed by atoms with Crippen molar-refractivity contribution in [3.8, 4) is 5.69 Å². The first kappa shape index (κ1) is 20.9. The van der Waals surface area contributed by atoms with Crippen LogP contribution in [0.2, 0.25) is 5.02 Å². The van der Waals surface area contributed by atoms with Gasteiger partial charge in [0.15, 0.2) is 0 Å². The van der Waals surface area contributed by atoms with E-state index in [1.54, 1.807) is 6.21 Å². The molecule has 0 aliphatic rings. The van der Waals surface area contributed by atoms with E-state index in [9.17, 15) is 4.79 Å². The van der Waals surface area contributed by atoms with Gasteiger partial charge in [0.05, 0.1) is 12.6 Å². The minimum absolute atomic E-state index is 0.146. The summed E-state index contributed by atoms with van der Waals surface area (Å²) < 4.78 is 2.15. The second-order valence-electron chi connectivity index (χ2n) is 7.70. The molecular formula is C26H24ClN3O. The number of nitrogens with zero attached hydrogens (tertiary/aromatic N) is 2. The number of hydrogen-bond donors (Lipinski definition) is 1. The van der Waals surface area contributed by atoms with Crippen molar-refractivity contribution >= 4 is 34.5 Å².